The fraction of sp³-hybridized carbons (Fsp3) is 0.263. The first-order valence-electron chi connectivity index (χ1n) is 9.01. The number of para-hydroxylation sites is 1. The Morgan fingerprint density at radius 2 is 1.90 bits per heavy atom. The lowest BCUT2D eigenvalue weighted by Crippen LogP contribution is -2.50. The minimum Gasteiger partial charge on any atom is -0.448 e. The van der Waals surface area contributed by atoms with E-state index in [1.165, 1.54) is 0 Å². The number of benzene rings is 2. The third kappa shape index (κ3) is 6.19. The highest BCUT2D eigenvalue weighted by molar-refractivity contribution is 7.90. The number of sulfonamides is 1. The van der Waals surface area contributed by atoms with Gasteiger partial charge in [0.05, 0.1) is 18.2 Å². The van der Waals surface area contributed by atoms with Gasteiger partial charge in [-0.05, 0) is 31.2 Å². The first kappa shape index (κ1) is 20.6. The van der Waals surface area contributed by atoms with E-state index in [0.717, 1.165) is 5.56 Å². The second-order valence-electron chi connectivity index (χ2n) is 6.42. The average molecular weight is 417 g/mol. The Balaban J connectivity index is 1.42. The maximum atomic E-state index is 12.4. The number of carbonyl (C=O) groups excluding carboxylic acids is 1. The van der Waals surface area contributed by atoms with Crippen LogP contribution < -0.4 is 15.4 Å². The third-order valence-electron chi connectivity index (χ3n) is 4.12. The van der Waals surface area contributed by atoms with Gasteiger partial charge in [-0.15, -0.1) is 0 Å². The van der Waals surface area contributed by atoms with E-state index in [0.29, 0.717) is 18.9 Å². The molecule has 29 heavy (non-hydrogen) atoms. The highest BCUT2D eigenvalue weighted by atomic mass is 32.2. The summed E-state index contributed by atoms with van der Waals surface area (Å²) in [7, 11) is -3.69. The molecule has 0 saturated heterocycles. The number of rotatable bonds is 6. The van der Waals surface area contributed by atoms with Crippen molar-refractivity contribution in [2.75, 3.05) is 31.8 Å². The Morgan fingerprint density at radius 1 is 1.17 bits per heavy atom. The summed E-state index contributed by atoms with van der Waals surface area (Å²) >= 11 is 0. The van der Waals surface area contributed by atoms with Crippen molar-refractivity contribution in [3.63, 3.8) is 0 Å². The molecule has 9 nitrogen and oxygen atoms in total. The summed E-state index contributed by atoms with van der Waals surface area (Å²) in [6, 6.07) is 15.6. The summed E-state index contributed by atoms with van der Waals surface area (Å²) in [5.41, 5.74) is 1.64. The molecule has 1 aliphatic heterocycles. The van der Waals surface area contributed by atoms with Gasteiger partial charge in [-0.2, -0.15) is 0 Å². The molecule has 154 valence electrons. The zero-order chi connectivity index (χ0) is 20.7. The summed E-state index contributed by atoms with van der Waals surface area (Å²) in [5.74, 6) is 0.185. The largest absolute Gasteiger partial charge is 0.448 e. The fourth-order valence-corrected chi connectivity index (χ4v) is 3.53. The van der Waals surface area contributed by atoms with Gasteiger partial charge in [0.2, 0.25) is 5.96 Å². The number of hydrogen-bond donors (Lipinski definition) is 3. The van der Waals surface area contributed by atoms with E-state index in [9.17, 15) is 13.2 Å². The highest BCUT2D eigenvalue weighted by Crippen LogP contribution is 2.10. The molecule has 0 atom stereocenters. The van der Waals surface area contributed by atoms with Gasteiger partial charge >= 0.3 is 6.09 Å². The molecule has 3 N–H and O–H groups in total. The number of aliphatic imine (C=N–C) groups is 1. The van der Waals surface area contributed by atoms with Crippen LogP contribution in [0.4, 0.5) is 10.5 Å². The number of hydrogen-bond acceptors (Lipinski definition) is 7. The summed E-state index contributed by atoms with van der Waals surface area (Å²) < 4.78 is 32.3. The quantitative estimate of drug-likeness (QED) is 0.660. The Morgan fingerprint density at radius 3 is 2.55 bits per heavy atom. The van der Waals surface area contributed by atoms with Gasteiger partial charge in [0, 0.05) is 12.2 Å². The van der Waals surface area contributed by atoms with Gasteiger partial charge in [-0.1, -0.05) is 35.9 Å². The number of nitrogens with one attached hydrogen (secondary N) is 3. The van der Waals surface area contributed by atoms with Gasteiger partial charge in [0.1, 0.15) is 6.61 Å². The van der Waals surface area contributed by atoms with Crippen LogP contribution in [0.2, 0.25) is 0 Å². The molecule has 0 radical (unpaired) electrons. The van der Waals surface area contributed by atoms with Crippen molar-refractivity contribution in [1.82, 2.24) is 14.9 Å². The number of anilines is 1. The smallest absolute Gasteiger partial charge is 0.411 e. The molecular weight excluding hydrogens is 394 g/mol. The minimum absolute atomic E-state index is 0.174. The van der Waals surface area contributed by atoms with Crippen LogP contribution in [0.15, 0.2) is 64.5 Å². The lowest BCUT2D eigenvalue weighted by atomic mass is 10.2. The predicted octanol–water partition coefficient (Wildman–Crippen LogP) is 1.70. The van der Waals surface area contributed by atoms with Gasteiger partial charge in [-0.3, -0.25) is 10.2 Å². The van der Waals surface area contributed by atoms with E-state index in [1.54, 1.807) is 36.4 Å². The fourth-order valence-electron chi connectivity index (χ4n) is 2.53. The number of guanidine groups is 1. The summed E-state index contributed by atoms with van der Waals surface area (Å²) in [4.78, 5) is 18.0. The van der Waals surface area contributed by atoms with E-state index in [1.807, 2.05) is 30.0 Å². The Bertz CT molecular complexity index is 962. The van der Waals surface area contributed by atoms with Crippen LogP contribution in [0.1, 0.15) is 5.56 Å². The van der Waals surface area contributed by atoms with Crippen molar-refractivity contribution < 1.29 is 17.9 Å². The Labute approximate surface area is 169 Å². The molecule has 3 rings (SSSR count). The van der Waals surface area contributed by atoms with Crippen LogP contribution in [0.25, 0.3) is 0 Å². The standard InChI is InChI=1S/C19H23N5O4S/c1-15-7-9-17(10-8-15)29(26,27)23-18-20-13-24(14-21-18)11-12-28-19(25)22-16-5-3-2-4-6-16/h2-10H,11-14H2,1H3,(H,22,25)(H2,20,21,23). The van der Waals surface area contributed by atoms with Crippen molar-refractivity contribution in [2.24, 2.45) is 4.99 Å². The molecule has 0 aromatic heterocycles. The molecule has 2 aromatic carbocycles. The summed E-state index contributed by atoms with van der Waals surface area (Å²) in [5, 5.41) is 5.55. The number of nitrogens with zero attached hydrogens (tertiary/aromatic N) is 2. The number of amides is 1. The van der Waals surface area contributed by atoms with Gasteiger partial charge in [0.25, 0.3) is 10.0 Å². The normalized spacial score (nSPS) is 14.4. The molecule has 0 bridgehead atoms. The zero-order valence-corrected chi connectivity index (χ0v) is 16.8. The lowest BCUT2D eigenvalue weighted by Gasteiger charge is -2.26. The molecule has 10 heteroatoms. The van der Waals surface area contributed by atoms with Crippen LogP contribution in [0.3, 0.4) is 0 Å². The third-order valence-corrected chi connectivity index (χ3v) is 5.48. The monoisotopic (exact) mass is 417 g/mol. The van der Waals surface area contributed by atoms with Crippen molar-refractivity contribution in [1.29, 1.82) is 0 Å². The molecule has 0 aliphatic carbocycles. The van der Waals surface area contributed by atoms with Crippen LogP contribution in [0.5, 0.6) is 0 Å². The van der Waals surface area contributed by atoms with Crippen molar-refractivity contribution in [2.45, 2.75) is 11.8 Å². The van der Waals surface area contributed by atoms with Crippen molar-refractivity contribution in [3.05, 3.63) is 60.2 Å². The molecule has 1 amide bonds. The molecule has 0 fully saturated rings. The van der Waals surface area contributed by atoms with E-state index >= 15 is 0 Å². The lowest BCUT2D eigenvalue weighted by molar-refractivity contribution is 0.137. The van der Waals surface area contributed by atoms with E-state index in [2.05, 4.69) is 20.3 Å². The molecule has 0 spiro atoms. The number of ether oxygens (including phenoxy) is 1. The molecule has 1 heterocycles. The minimum atomic E-state index is -3.69. The van der Waals surface area contributed by atoms with Gasteiger partial charge < -0.3 is 10.1 Å². The number of aryl methyl sites for hydroxylation is 1. The van der Waals surface area contributed by atoms with E-state index in [-0.39, 0.29) is 24.1 Å². The highest BCUT2D eigenvalue weighted by Gasteiger charge is 2.19. The Hall–Kier alpha value is -3.11. The summed E-state index contributed by atoms with van der Waals surface area (Å²) in [6.07, 6.45) is -0.531. The van der Waals surface area contributed by atoms with E-state index < -0.39 is 16.1 Å². The van der Waals surface area contributed by atoms with Crippen LogP contribution in [-0.2, 0) is 14.8 Å². The molecular formula is C19H23N5O4S. The first-order valence-corrected chi connectivity index (χ1v) is 10.5. The predicted molar refractivity (Wildman–Crippen MR) is 110 cm³/mol. The second kappa shape index (κ2) is 9.39. The van der Waals surface area contributed by atoms with Crippen molar-refractivity contribution in [3.8, 4) is 0 Å². The maximum absolute atomic E-state index is 12.4. The van der Waals surface area contributed by atoms with E-state index in [4.69, 9.17) is 4.74 Å². The number of carbonyl (C=O) groups is 1. The SMILES string of the molecule is Cc1ccc(S(=O)(=O)NC2=NCN(CCOC(=O)Nc3ccccc3)CN2)cc1. The molecule has 0 unspecified atom stereocenters. The van der Waals surface area contributed by atoms with Crippen LogP contribution in [0, 0.1) is 6.92 Å². The molecule has 2 aromatic rings. The first-order chi connectivity index (χ1) is 13.9. The average Bonchev–Trinajstić information content (AvgIpc) is 2.70. The van der Waals surface area contributed by atoms with Crippen LogP contribution in [-0.4, -0.2) is 51.9 Å². The van der Waals surface area contributed by atoms with Gasteiger partial charge in [-0.25, -0.2) is 22.9 Å². The van der Waals surface area contributed by atoms with Crippen LogP contribution >= 0.6 is 0 Å². The zero-order valence-electron chi connectivity index (χ0n) is 16.0. The second-order valence-corrected chi connectivity index (χ2v) is 8.11. The Kier molecular flexibility index (Phi) is 6.68. The molecule has 1 aliphatic rings. The maximum Gasteiger partial charge on any atom is 0.411 e. The van der Waals surface area contributed by atoms with Gasteiger partial charge in [0.15, 0.2) is 0 Å². The topological polar surface area (TPSA) is 112 Å². The van der Waals surface area contributed by atoms with Crippen molar-refractivity contribution >= 4 is 27.8 Å². The summed E-state index contributed by atoms with van der Waals surface area (Å²) in [6.45, 7) is 3.18. The molecule has 0 saturated carbocycles.